The van der Waals surface area contributed by atoms with Crippen LogP contribution in [0.2, 0.25) is 0 Å². The van der Waals surface area contributed by atoms with Crippen LogP contribution >= 0.6 is 0 Å². The Kier molecular flexibility index (Phi) is 5.80. The van der Waals surface area contributed by atoms with Crippen LogP contribution < -0.4 is 10.2 Å². The van der Waals surface area contributed by atoms with Crippen molar-refractivity contribution in [2.75, 3.05) is 44.2 Å². The lowest BCUT2D eigenvalue weighted by Crippen LogP contribution is -2.52. The molecule has 4 nitrogen and oxygen atoms in total. The minimum atomic E-state index is 0.611. The van der Waals surface area contributed by atoms with Crippen LogP contribution in [-0.2, 0) is 0 Å². The summed E-state index contributed by atoms with van der Waals surface area (Å²) < 4.78 is 0. The highest BCUT2D eigenvalue weighted by atomic mass is 15.3. The highest BCUT2D eigenvalue weighted by Crippen LogP contribution is 2.13. The smallest absolute Gasteiger partial charge is 0.128 e. The molecular weight excluding hydrogens is 248 g/mol. The van der Waals surface area contributed by atoms with Crippen LogP contribution in [0.1, 0.15) is 20.8 Å². The molecule has 1 aromatic heterocycles. The number of hydrogen-bond donors (Lipinski definition) is 1. The van der Waals surface area contributed by atoms with Crippen LogP contribution in [-0.4, -0.2) is 55.2 Å². The van der Waals surface area contributed by atoms with Crippen molar-refractivity contribution in [3.05, 3.63) is 24.4 Å². The van der Waals surface area contributed by atoms with E-state index < -0.39 is 0 Å². The molecule has 1 unspecified atom stereocenters. The van der Waals surface area contributed by atoms with Crippen molar-refractivity contribution >= 4 is 5.82 Å². The molecule has 20 heavy (non-hydrogen) atoms. The third-order valence-electron chi connectivity index (χ3n) is 3.90. The van der Waals surface area contributed by atoms with E-state index in [2.05, 4.69) is 53.0 Å². The molecule has 1 aromatic rings. The minimum Gasteiger partial charge on any atom is -0.354 e. The van der Waals surface area contributed by atoms with Crippen LogP contribution in [0.5, 0.6) is 0 Å². The molecule has 1 aliphatic rings. The molecule has 0 aliphatic carbocycles. The predicted octanol–water partition coefficient (Wildman–Crippen LogP) is 1.84. The first-order valence-corrected chi connectivity index (χ1v) is 7.77. The van der Waals surface area contributed by atoms with Crippen molar-refractivity contribution in [1.82, 2.24) is 15.2 Å². The molecule has 2 rings (SSSR count). The van der Waals surface area contributed by atoms with Gasteiger partial charge in [0.2, 0.25) is 0 Å². The molecule has 0 amide bonds. The number of piperazine rings is 1. The Bertz CT molecular complexity index is 371. The van der Waals surface area contributed by atoms with Gasteiger partial charge in [0.1, 0.15) is 5.82 Å². The summed E-state index contributed by atoms with van der Waals surface area (Å²) in [5, 5.41) is 3.56. The topological polar surface area (TPSA) is 31.4 Å². The summed E-state index contributed by atoms with van der Waals surface area (Å²) >= 11 is 0. The molecule has 1 fully saturated rings. The van der Waals surface area contributed by atoms with Gasteiger partial charge in [-0.3, -0.25) is 4.90 Å². The average Bonchev–Trinajstić information content (AvgIpc) is 2.48. The highest BCUT2D eigenvalue weighted by molar-refractivity contribution is 5.38. The summed E-state index contributed by atoms with van der Waals surface area (Å²) in [6.07, 6.45) is 1.88. The van der Waals surface area contributed by atoms with E-state index in [1.54, 1.807) is 0 Å². The number of anilines is 1. The zero-order chi connectivity index (χ0) is 14.4. The quantitative estimate of drug-likeness (QED) is 0.859. The molecule has 0 spiro atoms. The fourth-order valence-electron chi connectivity index (χ4n) is 2.64. The number of pyridine rings is 1. The lowest BCUT2D eigenvalue weighted by Gasteiger charge is -2.38. The number of nitrogens with zero attached hydrogens (tertiary/aromatic N) is 3. The molecule has 0 radical (unpaired) electrons. The normalized spacial score (nSPS) is 18.5. The maximum Gasteiger partial charge on any atom is 0.128 e. The van der Waals surface area contributed by atoms with E-state index in [1.807, 2.05) is 12.3 Å². The summed E-state index contributed by atoms with van der Waals surface area (Å²) in [6, 6.07) is 6.75. The second kappa shape index (κ2) is 7.60. The van der Waals surface area contributed by atoms with Gasteiger partial charge in [-0.2, -0.15) is 0 Å². The van der Waals surface area contributed by atoms with Gasteiger partial charge in [-0.05, 0) is 31.5 Å². The van der Waals surface area contributed by atoms with E-state index in [4.69, 9.17) is 0 Å². The number of aromatic nitrogens is 1. The molecule has 0 saturated carbocycles. The maximum absolute atomic E-state index is 4.44. The number of hydrogen-bond acceptors (Lipinski definition) is 4. The fraction of sp³-hybridized carbons (Fsp3) is 0.688. The Morgan fingerprint density at radius 3 is 2.45 bits per heavy atom. The van der Waals surface area contributed by atoms with Crippen molar-refractivity contribution < 1.29 is 0 Å². The second-order valence-electron chi connectivity index (χ2n) is 6.11. The molecule has 0 aromatic carbocycles. The molecular formula is C16H28N4. The van der Waals surface area contributed by atoms with E-state index in [1.165, 1.54) is 0 Å². The van der Waals surface area contributed by atoms with Gasteiger partial charge in [-0.15, -0.1) is 0 Å². The van der Waals surface area contributed by atoms with Crippen LogP contribution in [0.15, 0.2) is 24.4 Å². The van der Waals surface area contributed by atoms with Crippen LogP contribution in [0.3, 0.4) is 0 Å². The standard InChI is InChI=1S/C16H28N4/c1-14(2)12-17-13-15(3)19-8-10-20(11-9-19)16-6-4-5-7-18-16/h4-7,14-15,17H,8-13H2,1-3H3. The van der Waals surface area contributed by atoms with Gasteiger partial charge >= 0.3 is 0 Å². The van der Waals surface area contributed by atoms with E-state index in [-0.39, 0.29) is 0 Å². The fourth-order valence-corrected chi connectivity index (χ4v) is 2.64. The van der Waals surface area contributed by atoms with Crippen LogP contribution in [0.25, 0.3) is 0 Å². The number of nitrogens with one attached hydrogen (secondary N) is 1. The number of rotatable bonds is 6. The van der Waals surface area contributed by atoms with Crippen LogP contribution in [0.4, 0.5) is 5.82 Å². The molecule has 0 bridgehead atoms. The highest BCUT2D eigenvalue weighted by Gasteiger charge is 2.21. The van der Waals surface area contributed by atoms with Gasteiger partial charge in [-0.1, -0.05) is 19.9 Å². The van der Waals surface area contributed by atoms with Crippen molar-refractivity contribution in [3.63, 3.8) is 0 Å². The first-order valence-electron chi connectivity index (χ1n) is 7.77. The zero-order valence-corrected chi connectivity index (χ0v) is 13.0. The van der Waals surface area contributed by atoms with Gasteiger partial charge in [0.25, 0.3) is 0 Å². The molecule has 2 heterocycles. The summed E-state index contributed by atoms with van der Waals surface area (Å²) in [6.45, 7) is 13.4. The maximum atomic E-state index is 4.44. The Morgan fingerprint density at radius 1 is 1.10 bits per heavy atom. The van der Waals surface area contributed by atoms with Gasteiger partial charge < -0.3 is 10.2 Å². The van der Waals surface area contributed by atoms with E-state index in [0.29, 0.717) is 6.04 Å². The molecule has 1 atom stereocenters. The Balaban J connectivity index is 1.73. The van der Waals surface area contributed by atoms with E-state index in [9.17, 15) is 0 Å². The van der Waals surface area contributed by atoms with Crippen molar-refractivity contribution in [2.45, 2.75) is 26.8 Å². The SMILES string of the molecule is CC(C)CNCC(C)N1CCN(c2ccccn2)CC1. The third kappa shape index (κ3) is 4.46. The monoisotopic (exact) mass is 276 g/mol. The summed E-state index contributed by atoms with van der Waals surface area (Å²) in [7, 11) is 0. The van der Waals surface area contributed by atoms with Crippen molar-refractivity contribution in [2.24, 2.45) is 5.92 Å². The van der Waals surface area contributed by atoms with Gasteiger partial charge in [0, 0.05) is 45.0 Å². The lowest BCUT2D eigenvalue weighted by molar-refractivity contribution is 0.192. The van der Waals surface area contributed by atoms with Crippen LogP contribution in [0, 0.1) is 5.92 Å². The minimum absolute atomic E-state index is 0.611. The molecule has 112 valence electrons. The van der Waals surface area contributed by atoms with Gasteiger partial charge in [-0.25, -0.2) is 4.98 Å². The first-order chi connectivity index (χ1) is 9.66. The Labute approximate surface area is 123 Å². The largest absolute Gasteiger partial charge is 0.354 e. The van der Waals surface area contributed by atoms with E-state index >= 15 is 0 Å². The third-order valence-corrected chi connectivity index (χ3v) is 3.90. The van der Waals surface area contributed by atoms with Gasteiger partial charge in [0.15, 0.2) is 0 Å². The Morgan fingerprint density at radius 2 is 1.85 bits per heavy atom. The first kappa shape index (κ1) is 15.3. The van der Waals surface area contributed by atoms with Crippen molar-refractivity contribution in [3.8, 4) is 0 Å². The summed E-state index contributed by atoms with van der Waals surface area (Å²) in [5.74, 6) is 1.83. The Hall–Kier alpha value is -1.13. The predicted molar refractivity (Wildman–Crippen MR) is 85.2 cm³/mol. The second-order valence-corrected chi connectivity index (χ2v) is 6.11. The molecule has 1 saturated heterocycles. The molecule has 4 heteroatoms. The zero-order valence-electron chi connectivity index (χ0n) is 13.0. The van der Waals surface area contributed by atoms with Crippen molar-refractivity contribution in [1.29, 1.82) is 0 Å². The van der Waals surface area contributed by atoms with E-state index in [0.717, 1.165) is 51.0 Å². The lowest BCUT2D eigenvalue weighted by atomic mass is 10.2. The molecule has 1 N–H and O–H groups in total. The molecule has 1 aliphatic heterocycles. The summed E-state index contributed by atoms with van der Waals surface area (Å²) in [4.78, 5) is 9.39. The van der Waals surface area contributed by atoms with Gasteiger partial charge in [0.05, 0.1) is 0 Å². The summed E-state index contributed by atoms with van der Waals surface area (Å²) in [5.41, 5.74) is 0. The average molecular weight is 276 g/mol.